The highest BCUT2D eigenvalue weighted by Gasteiger charge is 2.25. The van der Waals surface area contributed by atoms with Crippen LogP contribution in [0.2, 0.25) is 0 Å². The summed E-state index contributed by atoms with van der Waals surface area (Å²) in [5.74, 6) is -0.165. The van der Waals surface area contributed by atoms with Gasteiger partial charge in [0.25, 0.3) is 0 Å². The molecule has 0 aliphatic rings. The number of hydrogen-bond donors (Lipinski definition) is 0. The van der Waals surface area contributed by atoms with E-state index >= 15 is 0 Å². The molecule has 0 N–H and O–H groups in total. The maximum absolute atomic E-state index is 11.3. The first-order chi connectivity index (χ1) is 8.38. The maximum atomic E-state index is 11.3. The van der Waals surface area contributed by atoms with Gasteiger partial charge in [-0.3, -0.25) is 14.9 Å². The first-order valence-electron chi connectivity index (χ1n) is 5.39. The van der Waals surface area contributed by atoms with Gasteiger partial charge in [-0.05, 0) is 13.8 Å². The van der Waals surface area contributed by atoms with Crippen LogP contribution in [0.3, 0.4) is 0 Å². The summed E-state index contributed by atoms with van der Waals surface area (Å²) in [5.41, 5.74) is -0.0318. The lowest BCUT2D eigenvalue weighted by Crippen LogP contribution is -2.32. The average Bonchev–Trinajstić information content (AvgIpc) is 2.73. The number of methoxy groups -OCH3 is 1. The van der Waals surface area contributed by atoms with Gasteiger partial charge in [-0.2, -0.15) is 0 Å². The number of anilines is 1. The largest absolute Gasteiger partial charge is 0.383 e. The standard InChI is InChI=1S/C11H16N2O4S/c1-7(6-17-4)12(3)11-9(13(15)16)5-10(18-11)8(2)14/h5,7H,6H2,1-4H3. The number of rotatable bonds is 6. The summed E-state index contributed by atoms with van der Waals surface area (Å²) < 4.78 is 5.03. The van der Waals surface area contributed by atoms with Crippen LogP contribution in [0.5, 0.6) is 0 Å². The molecule has 0 radical (unpaired) electrons. The highest BCUT2D eigenvalue weighted by atomic mass is 32.1. The Kier molecular flexibility index (Phi) is 4.80. The highest BCUT2D eigenvalue weighted by molar-refractivity contribution is 7.18. The van der Waals surface area contributed by atoms with E-state index in [1.807, 2.05) is 6.92 Å². The minimum Gasteiger partial charge on any atom is -0.383 e. The van der Waals surface area contributed by atoms with Crippen LogP contribution in [0, 0.1) is 10.1 Å². The summed E-state index contributed by atoms with van der Waals surface area (Å²) in [6, 6.07) is 1.32. The van der Waals surface area contributed by atoms with Crippen LogP contribution < -0.4 is 4.90 Å². The SMILES string of the molecule is COCC(C)N(C)c1sc(C(C)=O)cc1[N+](=O)[O-]. The van der Waals surface area contributed by atoms with E-state index in [-0.39, 0.29) is 17.5 Å². The van der Waals surface area contributed by atoms with E-state index in [9.17, 15) is 14.9 Å². The van der Waals surface area contributed by atoms with Gasteiger partial charge in [0.2, 0.25) is 0 Å². The zero-order chi connectivity index (χ0) is 13.9. The summed E-state index contributed by atoms with van der Waals surface area (Å²) in [6.45, 7) is 3.76. The van der Waals surface area contributed by atoms with Crippen LogP contribution in [0.4, 0.5) is 10.7 Å². The molecule has 6 nitrogen and oxygen atoms in total. The third kappa shape index (κ3) is 3.05. The molecule has 18 heavy (non-hydrogen) atoms. The number of carbonyl (C=O) groups excluding carboxylic acids is 1. The van der Waals surface area contributed by atoms with Crippen LogP contribution >= 0.6 is 11.3 Å². The van der Waals surface area contributed by atoms with Crippen LogP contribution in [0.25, 0.3) is 0 Å². The van der Waals surface area contributed by atoms with Crippen molar-refractivity contribution < 1.29 is 14.5 Å². The molecule has 0 aromatic carbocycles. The Hall–Kier alpha value is -1.47. The highest BCUT2D eigenvalue weighted by Crippen LogP contribution is 2.38. The third-order valence-corrected chi connectivity index (χ3v) is 3.94. The van der Waals surface area contributed by atoms with Gasteiger partial charge in [0.15, 0.2) is 10.8 Å². The van der Waals surface area contributed by atoms with E-state index in [4.69, 9.17) is 4.74 Å². The van der Waals surface area contributed by atoms with Crippen molar-refractivity contribution in [3.8, 4) is 0 Å². The molecule has 1 rings (SSSR count). The van der Waals surface area contributed by atoms with Crippen molar-refractivity contribution in [2.24, 2.45) is 0 Å². The average molecular weight is 272 g/mol. The van der Waals surface area contributed by atoms with E-state index in [0.29, 0.717) is 16.5 Å². The first kappa shape index (κ1) is 14.6. The molecule has 0 aliphatic heterocycles. The molecular weight excluding hydrogens is 256 g/mol. The van der Waals surface area contributed by atoms with Crippen molar-refractivity contribution >= 4 is 27.8 Å². The van der Waals surface area contributed by atoms with Crippen LogP contribution in [0.1, 0.15) is 23.5 Å². The van der Waals surface area contributed by atoms with Gasteiger partial charge in [-0.1, -0.05) is 0 Å². The van der Waals surface area contributed by atoms with Crippen molar-refractivity contribution in [2.75, 3.05) is 25.7 Å². The van der Waals surface area contributed by atoms with E-state index in [1.54, 1.807) is 19.1 Å². The predicted molar refractivity (Wildman–Crippen MR) is 70.7 cm³/mol. The summed E-state index contributed by atoms with van der Waals surface area (Å²) in [5, 5.41) is 11.5. The van der Waals surface area contributed by atoms with Gasteiger partial charge in [-0.25, -0.2) is 0 Å². The molecule has 0 fully saturated rings. The monoisotopic (exact) mass is 272 g/mol. The topological polar surface area (TPSA) is 72.7 Å². The third-order valence-electron chi connectivity index (χ3n) is 2.63. The molecule has 1 atom stereocenters. The molecule has 0 bridgehead atoms. The lowest BCUT2D eigenvalue weighted by molar-refractivity contribution is -0.383. The van der Waals surface area contributed by atoms with Crippen molar-refractivity contribution in [2.45, 2.75) is 19.9 Å². The van der Waals surface area contributed by atoms with Gasteiger partial charge < -0.3 is 9.64 Å². The zero-order valence-corrected chi connectivity index (χ0v) is 11.6. The first-order valence-corrected chi connectivity index (χ1v) is 6.21. The molecule has 0 amide bonds. The second-order valence-electron chi connectivity index (χ2n) is 4.03. The molecule has 7 heteroatoms. The molecule has 0 aliphatic carbocycles. The maximum Gasteiger partial charge on any atom is 0.304 e. The van der Waals surface area contributed by atoms with Crippen molar-refractivity contribution in [3.63, 3.8) is 0 Å². The number of carbonyl (C=O) groups is 1. The number of ether oxygens (including phenoxy) is 1. The summed E-state index contributed by atoms with van der Waals surface area (Å²) in [4.78, 5) is 24.0. The minimum atomic E-state index is -0.464. The molecule has 1 aromatic rings. The van der Waals surface area contributed by atoms with Crippen LogP contribution in [-0.4, -0.2) is 37.5 Å². The number of nitrogens with zero attached hydrogens (tertiary/aromatic N) is 2. The van der Waals surface area contributed by atoms with Gasteiger partial charge >= 0.3 is 5.69 Å². The molecule has 0 saturated heterocycles. The second kappa shape index (κ2) is 5.92. The zero-order valence-electron chi connectivity index (χ0n) is 10.8. The molecule has 1 unspecified atom stereocenters. The van der Waals surface area contributed by atoms with Gasteiger partial charge in [0, 0.05) is 20.2 Å². The van der Waals surface area contributed by atoms with E-state index in [2.05, 4.69) is 0 Å². The Morgan fingerprint density at radius 2 is 2.28 bits per heavy atom. The number of nitro groups is 1. The quantitative estimate of drug-likeness (QED) is 0.451. The molecule has 100 valence electrons. The van der Waals surface area contributed by atoms with E-state index < -0.39 is 4.92 Å². The minimum absolute atomic E-state index is 0.00726. The van der Waals surface area contributed by atoms with Gasteiger partial charge in [-0.15, -0.1) is 11.3 Å². The Morgan fingerprint density at radius 3 is 2.72 bits per heavy atom. The lowest BCUT2D eigenvalue weighted by atomic mass is 10.3. The van der Waals surface area contributed by atoms with Crippen molar-refractivity contribution in [3.05, 3.63) is 21.1 Å². The van der Waals surface area contributed by atoms with Crippen LogP contribution in [-0.2, 0) is 4.74 Å². The summed E-state index contributed by atoms with van der Waals surface area (Å²) in [6.07, 6.45) is 0. The fraction of sp³-hybridized carbons (Fsp3) is 0.545. The number of thiophene rings is 1. The number of hydrogen-bond acceptors (Lipinski definition) is 6. The molecule has 0 spiro atoms. The predicted octanol–water partition coefficient (Wildman–Crippen LogP) is 2.33. The van der Waals surface area contributed by atoms with E-state index in [0.717, 1.165) is 11.3 Å². The molecule has 1 aromatic heterocycles. The molecule has 0 saturated carbocycles. The summed E-state index contributed by atoms with van der Waals surface area (Å²) >= 11 is 1.14. The smallest absolute Gasteiger partial charge is 0.304 e. The Labute approximate surface area is 109 Å². The van der Waals surface area contributed by atoms with Crippen molar-refractivity contribution in [1.82, 2.24) is 0 Å². The summed E-state index contributed by atoms with van der Waals surface area (Å²) in [7, 11) is 3.33. The van der Waals surface area contributed by atoms with Crippen molar-refractivity contribution in [1.29, 1.82) is 0 Å². The number of ketones is 1. The second-order valence-corrected chi connectivity index (χ2v) is 5.06. The lowest BCUT2D eigenvalue weighted by Gasteiger charge is -2.24. The fourth-order valence-corrected chi connectivity index (χ4v) is 2.57. The Bertz CT molecular complexity index is 458. The molecule has 1 heterocycles. The molecular formula is C11H16N2O4S. The van der Waals surface area contributed by atoms with Crippen LogP contribution in [0.15, 0.2) is 6.07 Å². The van der Waals surface area contributed by atoms with E-state index in [1.165, 1.54) is 13.0 Å². The fourth-order valence-electron chi connectivity index (χ4n) is 1.48. The van der Waals surface area contributed by atoms with Gasteiger partial charge in [0.05, 0.1) is 22.4 Å². The Morgan fingerprint density at radius 1 is 1.67 bits per heavy atom. The Balaban J connectivity index is 3.13. The normalized spacial score (nSPS) is 12.2. The van der Waals surface area contributed by atoms with Gasteiger partial charge in [0.1, 0.15) is 0 Å². The number of Topliss-reactive ketones (excluding diaryl/α,β-unsaturated/α-hetero) is 1. The number of likely N-dealkylation sites (N-methyl/N-ethyl adjacent to an activating group) is 1.